The van der Waals surface area contributed by atoms with Crippen molar-refractivity contribution in [3.05, 3.63) is 74.1 Å². The number of nitrogens with two attached hydrogens (primary N) is 1. The molecule has 1 amide bonds. The van der Waals surface area contributed by atoms with E-state index in [1.54, 1.807) is 0 Å². The molecule has 0 bridgehead atoms. The fourth-order valence-corrected chi connectivity index (χ4v) is 4.19. The molecular formula is C18H15Cl2NO4S. The molecule has 0 atom stereocenters. The van der Waals surface area contributed by atoms with E-state index in [-0.39, 0.29) is 10.8 Å². The lowest BCUT2D eigenvalue weighted by Gasteiger charge is -2.08. The van der Waals surface area contributed by atoms with Gasteiger partial charge in [0, 0.05) is 15.6 Å². The molecule has 0 aliphatic rings. The summed E-state index contributed by atoms with van der Waals surface area (Å²) in [5.41, 5.74) is 6.47. The van der Waals surface area contributed by atoms with E-state index < -0.39 is 26.4 Å². The molecule has 2 aromatic rings. The highest BCUT2D eigenvalue weighted by Gasteiger charge is 2.24. The first-order valence-electron chi connectivity index (χ1n) is 7.39. The Morgan fingerprint density at radius 1 is 1.08 bits per heavy atom. The van der Waals surface area contributed by atoms with Gasteiger partial charge >= 0.3 is 0 Å². The second-order valence-electron chi connectivity index (χ2n) is 5.55. The molecule has 2 rings (SSSR count). The van der Waals surface area contributed by atoms with Crippen LogP contribution < -0.4 is 5.73 Å². The summed E-state index contributed by atoms with van der Waals surface area (Å²) in [5, 5.41) is 0.545. The van der Waals surface area contributed by atoms with Crippen molar-refractivity contribution >= 4 is 50.8 Å². The quantitative estimate of drug-likeness (QED) is 0.579. The van der Waals surface area contributed by atoms with Crippen LogP contribution in [0.25, 0.3) is 6.08 Å². The van der Waals surface area contributed by atoms with Crippen molar-refractivity contribution in [3.63, 3.8) is 0 Å². The smallest absolute Gasteiger partial charge is 0.260 e. The number of sulfone groups is 1. The lowest BCUT2D eigenvalue weighted by molar-refractivity contribution is -0.113. The SMILES string of the molecule is CC(=O)c1ccc(/C=C(\C(N)=O)S(=O)(=O)Cc2ccc(Cl)cc2Cl)cc1. The van der Waals surface area contributed by atoms with Gasteiger partial charge in [-0.3, -0.25) is 9.59 Å². The van der Waals surface area contributed by atoms with Gasteiger partial charge in [0.25, 0.3) is 5.91 Å². The number of amides is 1. The Balaban J connectivity index is 2.41. The first kappa shape index (κ1) is 20.2. The van der Waals surface area contributed by atoms with Crippen LogP contribution in [0, 0.1) is 0 Å². The third-order valence-electron chi connectivity index (χ3n) is 3.55. The maximum atomic E-state index is 12.6. The van der Waals surface area contributed by atoms with Crippen LogP contribution in [0.2, 0.25) is 10.0 Å². The van der Waals surface area contributed by atoms with Gasteiger partial charge in [0.1, 0.15) is 4.91 Å². The summed E-state index contributed by atoms with van der Waals surface area (Å²) in [5.74, 6) is -1.70. The fourth-order valence-electron chi connectivity index (χ4n) is 2.20. The Labute approximate surface area is 161 Å². The summed E-state index contributed by atoms with van der Waals surface area (Å²) in [6.07, 6.45) is 1.17. The number of ketones is 1. The predicted molar refractivity (Wildman–Crippen MR) is 103 cm³/mol. The number of benzene rings is 2. The first-order chi connectivity index (χ1) is 12.1. The summed E-state index contributed by atoms with van der Waals surface area (Å²) in [4.78, 5) is 22.5. The van der Waals surface area contributed by atoms with Crippen LogP contribution in [0.1, 0.15) is 28.4 Å². The van der Waals surface area contributed by atoms with E-state index in [9.17, 15) is 18.0 Å². The van der Waals surface area contributed by atoms with Crippen molar-refractivity contribution in [1.82, 2.24) is 0 Å². The van der Waals surface area contributed by atoms with Gasteiger partial charge in [0.2, 0.25) is 0 Å². The Bertz CT molecular complexity index is 996. The maximum Gasteiger partial charge on any atom is 0.260 e. The second-order valence-corrected chi connectivity index (χ2v) is 8.35. The minimum atomic E-state index is -4.04. The summed E-state index contributed by atoms with van der Waals surface area (Å²) >= 11 is 11.8. The van der Waals surface area contributed by atoms with Gasteiger partial charge in [0.15, 0.2) is 15.6 Å². The standard InChI is InChI=1S/C18H15Cl2NO4S/c1-11(22)13-4-2-12(3-5-13)8-17(18(21)23)26(24,25)10-14-6-7-15(19)9-16(14)20/h2-9H,10H2,1H3,(H2,21,23)/b17-8+. The molecular weight excluding hydrogens is 397 g/mol. The van der Waals surface area contributed by atoms with Gasteiger partial charge in [-0.05, 0) is 36.3 Å². The highest BCUT2D eigenvalue weighted by molar-refractivity contribution is 7.95. The van der Waals surface area contributed by atoms with E-state index in [4.69, 9.17) is 28.9 Å². The minimum absolute atomic E-state index is 0.124. The average Bonchev–Trinajstić information content (AvgIpc) is 2.55. The molecule has 0 aliphatic heterocycles. The van der Waals surface area contributed by atoms with Crippen molar-refractivity contribution in [2.24, 2.45) is 5.73 Å². The molecule has 8 heteroatoms. The minimum Gasteiger partial charge on any atom is -0.365 e. The van der Waals surface area contributed by atoms with Crippen molar-refractivity contribution < 1.29 is 18.0 Å². The molecule has 2 aromatic carbocycles. The number of halogens is 2. The van der Waals surface area contributed by atoms with E-state index in [0.717, 1.165) is 0 Å². The van der Waals surface area contributed by atoms with Crippen molar-refractivity contribution in [1.29, 1.82) is 0 Å². The monoisotopic (exact) mass is 411 g/mol. The topological polar surface area (TPSA) is 94.3 Å². The van der Waals surface area contributed by atoms with Crippen molar-refractivity contribution in [3.8, 4) is 0 Å². The highest BCUT2D eigenvalue weighted by atomic mass is 35.5. The fraction of sp³-hybridized carbons (Fsp3) is 0.111. The van der Waals surface area contributed by atoms with Gasteiger partial charge in [-0.1, -0.05) is 53.5 Å². The summed E-state index contributed by atoms with van der Waals surface area (Å²) < 4.78 is 25.3. The molecule has 2 N–H and O–H groups in total. The van der Waals surface area contributed by atoms with Gasteiger partial charge < -0.3 is 5.73 Å². The van der Waals surface area contributed by atoms with Gasteiger partial charge in [-0.25, -0.2) is 8.42 Å². The molecule has 0 radical (unpaired) electrons. The van der Waals surface area contributed by atoms with E-state index >= 15 is 0 Å². The Hall–Kier alpha value is -2.15. The van der Waals surface area contributed by atoms with Crippen LogP contribution in [0.15, 0.2) is 47.4 Å². The number of carbonyl (C=O) groups excluding carboxylic acids is 2. The predicted octanol–water partition coefficient (Wildman–Crippen LogP) is 3.64. The number of rotatable bonds is 6. The van der Waals surface area contributed by atoms with Gasteiger partial charge in [0.05, 0.1) is 5.75 Å². The van der Waals surface area contributed by atoms with E-state index in [2.05, 4.69) is 0 Å². The Morgan fingerprint density at radius 2 is 1.69 bits per heavy atom. The number of hydrogen-bond donors (Lipinski definition) is 1. The summed E-state index contributed by atoms with van der Waals surface area (Å²) in [7, 11) is -4.04. The van der Waals surface area contributed by atoms with Crippen LogP contribution in [-0.2, 0) is 20.4 Å². The molecule has 5 nitrogen and oxygen atoms in total. The number of hydrogen-bond acceptors (Lipinski definition) is 4. The lowest BCUT2D eigenvalue weighted by Crippen LogP contribution is -2.22. The van der Waals surface area contributed by atoms with Crippen LogP contribution >= 0.6 is 23.2 Å². The first-order valence-corrected chi connectivity index (χ1v) is 9.80. The molecule has 0 aromatic heterocycles. The molecule has 0 fully saturated rings. The van der Waals surface area contributed by atoms with E-state index in [0.29, 0.717) is 21.7 Å². The van der Waals surface area contributed by atoms with Gasteiger partial charge in [-0.2, -0.15) is 0 Å². The zero-order valence-electron chi connectivity index (χ0n) is 13.7. The summed E-state index contributed by atoms with van der Waals surface area (Å²) in [6.45, 7) is 1.42. The second kappa shape index (κ2) is 8.03. The zero-order valence-corrected chi connectivity index (χ0v) is 16.0. The van der Waals surface area contributed by atoms with Gasteiger partial charge in [-0.15, -0.1) is 0 Å². The maximum absolute atomic E-state index is 12.6. The molecule has 0 spiro atoms. The lowest BCUT2D eigenvalue weighted by atomic mass is 10.1. The van der Waals surface area contributed by atoms with Crippen LogP contribution in [0.4, 0.5) is 0 Å². The third-order valence-corrected chi connectivity index (χ3v) is 5.82. The van der Waals surface area contributed by atoms with Crippen LogP contribution in [0.3, 0.4) is 0 Å². The third kappa shape index (κ3) is 4.94. The highest BCUT2D eigenvalue weighted by Crippen LogP contribution is 2.25. The normalized spacial score (nSPS) is 12.0. The number of primary amides is 1. The number of Topliss-reactive ketones (excluding diaryl/α,β-unsaturated/α-hetero) is 1. The average molecular weight is 412 g/mol. The molecule has 0 unspecified atom stereocenters. The summed E-state index contributed by atoms with van der Waals surface area (Å²) in [6, 6.07) is 10.5. The molecule has 0 heterocycles. The van der Waals surface area contributed by atoms with Crippen LogP contribution in [-0.4, -0.2) is 20.1 Å². The van der Waals surface area contributed by atoms with Crippen molar-refractivity contribution in [2.75, 3.05) is 0 Å². The molecule has 0 aliphatic carbocycles. The van der Waals surface area contributed by atoms with Crippen molar-refractivity contribution in [2.45, 2.75) is 12.7 Å². The van der Waals surface area contributed by atoms with E-state index in [1.807, 2.05) is 0 Å². The molecule has 0 saturated heterocycles. The molecule has 26 heavy (non-hydrogen) atoms. The van der Waals surface area contributed by atoms with Crippen LogP contribution in [0.5, 0.6) is 0 Å². The molecule has 0 saturated carbocycles. The zero-order chi connectivity index (χ0) is 19.5. The van der Waals surface area contributed by atoms with E-state index in [1.165, 1.54) is 55.5 Å². The Morgan fingerprint density at radius 3 is 2.19 bits per heavy atom. The molecule has 136 valence electrons. The largest absolute Gasteiger partial charge is 0.365 e. The number of carbonyl (C=O) groups is 2. The Kier molecular flexibility index (Phi) is 6.23.